The second-order valence-corrected chi connectivity index (χ2v) is 2.90. The van der Waals surface area contributed by atoms with Gasteiger partial charge in [-0.1, -0.05) is 6.07 Å². The van der Waals surface area contributed by atoms with Crippen LogP contribution in [0.1, 0.15) is 5.56 Å². The Morgan fingerprint density at radius 1 is 1.38 bits per heavy atom. The maximum atomic E-state index is 5.65. The van der Waals surface area contributed by atoms with Gasteiger partial charge in [0.15, 0.2) is 0 Å². The third-order valence-corrected chi connectivity index (χ3v) is 2.04. The summed E-state index contributed by atoms with van der Waals surface area (Å²) < 4.78 is 1.85. The highest BCUT2D eigenvalue weighted by Gasteiger charge is 1.96. The molecule has 0 spiro atoms. The molecule has 0 aliphatic rings. The first kappa shape index (κ1) is 8.26. The molecule has 2 rings (SSSR count). The van der Waals surface area contributed by atoms with Gasteiger partial charge in [-0.3, -0.25) is 4.57 Å². The lowest BCUT2D eigenvalue weighted by Gasteiger charge is -2.00. The zero-order valence-electron chi connectivity index (χ0n) is 6.89. The van der Waals surface area contributed by atoms with Gasteiger partial charge in [-0.05, 0) is 11.6 Å². The minimum absolute atomic E-state index is 0.497. The first-order valence-electron chi connectivity index (χ1n) is 3.89. The van der Waals surface area contributed by atoms with Crippen molar-refractivity contribution >= 4 is 11.6 Å². The number of alkyl halides is 1. The van der Waals surface area contributed by atoms with Crippen molar-refractivity contribution in [2.75, 3.05) is 0 Å². The fourth-order valence-electron chi connectivity index (χ4n) is 1.04. The fourth-order valence-corrected chi connectivity index (χ4v) is 1.20. The summed E-state index contributed by atoms with van der Waals surface area (Å²) in [4.78, 5) is 8.17. The zero-order valence-corrected chi connectivity index (χ0v) is 7.65. The Morgan fingerprint density at radius 3 is 2.85 bits per heavy atom. The Balaban J connectivity index is 2.33. The lowest BCUT2D eigenvalue weighted by atomic mass is 10.3. The van der Waals surface area contributed by atoms with E-state index in [9.17, 15) is 0 Å². The van der Waals surface area contributed by atoms with E-state index < -0.39 is 0 Å². The van der Waals surface area contributed by atoms with E-state index in [1.54, 1.807) is 18.7 Å². The van der Waals surface area contributed by atoms with Crippen molar-refractivity contribution in [1.82, 2.24) is 14.5 Å². The van der Waals surface area contributed by atoms with Crippen LogP contribution < -0.4 is 0 Å². The summed E-state index contributed by atoms with van der Waals surface area (Å²) in [6.07, 6.45) is 7.05. The van der Waals surface area contributed by atoms with Crippen LogP contribution in [0, 0.1) is 0 Å². The van der Waals surface area contributed by atoms with Crippen LogP contribution in [0.3, 0.4) is 0 Å². The summed E-state index contributed by atoms with van der Waals surface area (Å²) >= 11 is 5.65. The summed E-state index contributed by atoms with van der Waals surface area (Å²) in [5, 5.41) is 0. The molecule has 0 unspecified atom stereocenters. The van der Waals surface area contributed by atoms with Crippen molar-refractivity contribution in [3.05, 3.63) is 42.6 Å². The minimum Gasteiger partial charge on any atom is -0.291 e. The van der Waals surface area contributed by atoms with Gasteiger partial charge in [0, 0.05) is 24.5 Å². The van der Waals surface area contributed by atoms with Gasteiger partial charge in [-0.25, -0.2) is 9.97 Å². The molecule has 0 amide bonds. The smallest absolute Gasteiger partial charge is 0.137 e. The molecule has 2 aromatic heterocycles. The van der Waals surface area contributed by atoms with E-state index >= 15 is 0 Å². The van der Waals surface area contributed by atoms with E-state index in [0.29, 0.717) is 5.88 Å². The van der Waals surface area contributed by atoms with Crippen molar-refractivity contribution in [3.8, 4) is 5.82 Å². The van der Waals surface area contributed by atoms with Crippen molar-refractivity contribution in [2.24, 2.45) is 0 Å². The van der Waals surface area contributed by atoms with Gasteiger partial charge in [-0.15, -0.1) is 11.6 Å². The molecule has 0 fully saturated rings. The number of hydrogen-bond donors (Lipinski definition) is 0. The highest BCUT2D eigenvalue weighted by atomic mass is 35.5. The van der Waals surface area contributed by atoms with Crippen LogP contribution in [-0.2, 0) is 5.88 Å². The van der Waals surface area contributed by atoms with E-state index in [1.165, 1.54) is 0 Å². The Kier molecular flexibility index (Phi) is 2.27. The predicted octanol–water partition coefficient (Wildman–Crippen LogP) is 2.01. The average molecular weight is 194 g/mol. The molecule has 0 aliphatic heterocycles. The Bertz CT molecular complexity index is 366. The number of aromatic nitrogens is 3. The molecule has 2 heterocycles. The zero-order chi connectivity index (χ0) is 9.10. The highest BCUT2D eigenvalue weighted by Crippen LogP contribution is 2.06. The molecule has 3 nitrogen and oxygen atoms in total. The number of imidazole rings is 1. The van der Waals surface area contributed by atoms with Crippen LogP contribution in [0.25, 0.3) is 5.82 Å². The van der Waals surface area contributed by atoms with Crippen LogP contribution in [0.15, 0.2) is 37.1 Å². The van der Waals surface area contributed by atoms with E-state index in [-0.39, 0.29) is 0 Å². The Labute approximate surface area is 81.0 Å². The van der Waals surface area contributed by atoms with Crippen LogP contribution in [0.5, 0.6) is 0 Å². The number of pyridine rings is 1. The molecule has 2 aromatic rings. The molecule has 4 heteroatoms. The molecular weight excluding hydrogens is 186 g/mol. The number of rotatable bonds is 2. The maximum absolute atomic E-state index is 5.65. The molecule has 0 radical (unpaired) electrons. The van der Waals surface area contributed by atoms with E-state index in [0.717, 1.165) is 11.4 Å². The quantitative estimate of drug-likeness (QED) is 0.684. The van der Waals surface area contributed by atoms with Crippen molar-refractivity contribution < 1.29 is 0 Å². The molecular formula is C9H8ClN3. The first-order valence-corrected chi connectivity index (χ1v) is 4.43. The van der Waals surface area contributed by atoms with Crippen LogP contribution in [-0.4, -0.2) is 14.5 Å². The van der Waals surface area contributed by atoms with Gasteiger partial charge in [0.05, 0.1) is 0 Å². The van der Waals surface area contributed by atoms with Crippen molar-refractivity contribution in [2.45, 2.75) is 5.88 Å². The maximum Gasteiger partial charge on any atom is 0.137 e. The third-order valence-electron chi connectivity index (χ3n) is 1.73. The lowest BCUT2D eigenvalue weighted by Crippen LogP contribution is -1.94. The summed E-state index contributed by atoms with van der Waals surface area (Å²) in [6, 6.07) is 3.87. The summed E-state index contributed by atoms with van der Waals surface area (Å²) in [5.74, 6) is 1.35. The lowest BCUT2D eigenvalue weighted by molar-refractivity contribution is 0.987. The van der Waals surface area contributed by atoms with Crippen molar-refractivity contribution in [1.29, 1.82) is 0 Å². The van der Waals surface area contributed by atoms with Crippen LogP contribution in [0.2, 0.25) is 0 Å². The number of halogens is 1. The first-order chi connectivity index (χ1) is 6.40. The second kappa shape index (κ2) is 3.58. The van der Waals surface area contributed by atoms with Crippen LogP contribution in [0.4, 0.5) is 0 Å². The molecule has 0 aromatic carbocycles. The second-order valence-electron chi connectivity index (χ2n) is 2.63. The van der Waals surface area contributed by atoms with E-state index in [2.05, 4.69) is 9.97 Å². The van der Waals surface area contributed by atoms with Crippen LogP contribution >= 0.6 is 11.6 Å². The van der Waals surface area contributed by atoms with Gasteiger partial charge in [0.1, 0.15) is 12.1 Å². The molecule has 0 N–H and O–H groups in total. The summed E-state index contributed by atoms with van der Waals surface area (Å²) in [6.45, 7) is 0. The molecule has 0 bridgehead atoms. The van der Waals surface area contributed by atoms with Gasteiger partial charge < -0.3 is 0 Å². The Hall–Kier alpha value is -1.35. The van der Waals surface area contributed by atoms with E-state index in [1.807, 2.05) is 22.9 Å². The number of nitrogens with zero attached hydrogens (tertiary/aromatic N) is 3. The highest BCUT2D eigenvalue weighted by molar-refractivity contribution is 6.17. The average Bonchev–Trinajstić information content (AvgIpc) is 2.71. The molecule has 0 saturated carbocycles. The Morgan fingerprint density at radius 2 is 2.31 bits per heavy atom. The van der Waals surface area contributed by atoms with E-state index in [4.69, 9.17) is 11.6 Å². The largest absolute Gasteiger partial charge is 0.291 e. The summed E-state index contributed by atoms with van der Waals surface area (Å²) in [5.41, 5.74) is 1.02. The number of hydrogen-bond acceptors (Lipinski definition) is 2. The normalized spacial score (nSPS) is 10.2. The fraction of sp³-hybridized carbons (Fsp3) is 0.111. The monoisotopic (exact) mass is 193 g/mol. The molecule has 66 valence electrons. The molecule has 0 aliphatic carbocycles. The molecule has 0 atom stereocenters. The van der Waals surface area contributed by atoms with Gasteiger partial charge in [-0.2, -0.15) is 0 Å². The SMILES string of the molecule is ClCc1ccc(-n2ccnc2)nc1. The third kappa shape index (κ3) is 1.70. The molecule has 0 saturated heterocycles. The van der Waals surface area contributed by atoms with Gasteiger partial charge in [0.2, 0.25) is 0 Å². The standard InChI is InChI=1S/C9H8ClN3/c10-5-8-1-2-9(12-6-8)13-4-3-11-7-13/h1-4,6-7H,5H2. The predicted molar refractivity (Wildman–Crippen MR) is 50.9 cm³/mol. The topological polar surface area (TPSA) is 30.7 Å². The van der Waals surface area contributed by atoms with Gasteiger partial charge in [0.25, 0.3) is 0 Å². The molecule has 13 heavy (non-hydrogen) atoms. The van der Waals surface area contributed by atoms with Crippen molar-refractivity contribution in [3.63, 3.8) is 0 Å². The van der Waals surface area contributed by atoms with Gasteiger partial charge >= 0.3 is 0 Å². The minimum atomic E-state index is 0.497. The summed E-state index contributed by atoms with van der Waals surface area (Å²) in [7, 11) is 0.